The molecular formula is C7H9F2N. The maximum absolute atomic E-state index is 12.4. The predicted octanol–water partition coefficient (Wildman–Crippen LogP) is 2.48. The topological polar surface area (TPSA) is 4.36 Å². The molecule has 56 valence electrons. The Hall–Kier alpha value is -0.650. The first-order chi connectivity index (χ1) is 4.64. The molecule has 0 aromatic carbocycles. The highest BCUT2D eigenvalue weighted by atomic mass is 19.3. The molecule has 0 saturated heterocycles. The molecule has 0 aliphatic heterocycles. The molecule has 0 unspecified atom stereocenters. The van der Waals surface area contributed by atoms with Crippen LogP contribution in [-0.2, 0) is 0 Å². The Balaban J connectivity index is 2.40. The lowest BCUT2D eigenvalue weighted by Crippen LogP contribution is -2.25. The highest BCUT2D eigenvalue weighted by Gasteiger charge is 2.37. The van der Waals surface area contributed by atoms with Crippen molar-refractivity contribution in [3.8, 4) is 0 Å². The van der Waals surface area contributed by atoms with Crippen molar-refractivity contribution in [2.45, 2.75) is 37.6 Å². The van der Waals surface area contributed by atoms with E-state index in [2.05, 4.69) is 4.85 Å². The number of hydrogen-bond donors (Lipinski definition) is 0. The molecule has 3 heteroatoms. The standard InChI is InChI=1S/C7H9F2N/c1-10-6-2-4-7(8,9)5-3-6/h6H,2-5H2. The van der Waals surface area contributed by atoms with Crippen LogP contribution in [0.15, 0.2) is 0 Å². The second-order valence-electron chi connectivity index (χ2n) is 2.72. The molecule has 1 saturated carbocycles. The fraction of sp³-hybridized carbons (Fsp3) is 0.857. The molecule has 0 N–H and O–H groups in total. The first-order valence-electron chi connectivity index (χ1n) is 3.38. The third kappa shape index (κ3) is 1.66. The second kappa shape index (κ2) is 2.53. The smallest absolute Gasteiger partial charge is 0.248 e. The van der Waals surface area contributed by atoms with Crippen LogP contribution in [0.4, 0.5) is 8.78 Å². The van der Waals surface area contributed by atoms with Gasteiger partial charge in [0.15, 0.2) is 0 Å². The Labute approximate surface area is 58.9 Å². The van der Waals surface area contributed by atoms with Gasteiger partial charge in [-0.05, 0) is 0 Å². The molecule has 0 aromatic rings. The van der Waals surface area contributed by atoms with E-state index < -0.39 is 5.92 Å². The van der Waals surface area contributed by atoms with Crippen molar-refractivity contribution >= 4 is 0 Å². The van der Waals surface area contributed by atoms with Crippen LogP contribution < -0.4 is 0 Å². The van der Waals surface area contributed by atoms with Gasteiger partial charge in [0.05, 0.1) is 0 Å². The van der Waals surface area contributed by atoms with Crippen molar-refractivity contribution in [3.05, 3.63) is 11.4 Å². The van der Waals surface area contributed by atoms with Gasteiger partial charge >= 0.3 is 0 Å². The van der Waals surface area contributed by atoms with Crippen LogP contribution in [0.2, 0.25) is 0 Å². The van der Waals surface area contributed by atoms with E-state index in [0.717, 1.165) is 0 Å². The highest BCUT2D eigenvalue weighted by molar-refractivity contribution is 4.87. The zero-order chi connectivity index (χ0) is 7.61. The van der Waals surface area contributed by atoms with Gasteiger partial charge in [-0.2, -0.15) is 0 Å². The predicted molar refractivity (Wildman–Crippen MR) is 33.8 cm³/mol. The van der Waals surface area contributed by atoms with Gasteiger partial charge in [0.25, 0.3) is 0 Å². The molecule has 10 heavy (non-hydrogen) atoms. The summed E-state index contributed by atoms with van der Waals surface area (Å²) in [7, 11) is 0. The Kier molecular flexibility index (Phi) is 1.89. The van der Waals surface area contributed by atoms with Crippen LogP contribution in [0.5, 0.6) is 0 Å². The molecular weight excluding hydrogens is 136 g/mol. The number of hydrogen-bond acceptors (Lipinski definition) is 0. The molecule has 1 aliphatic rings. The maximum Gasteiger partial charge on any atom is 0.248 e. The van der Waals surface area contributed by atoms with Crippen LogP contribution in [0.25, 0.3) is 4.85 Å². The quantitative estimate of drug-likeness (QED) is 0.461. The zero-order valence-electron chi connectivity index (χ0n) is 5.61. The van der Waals surface area contributed by atoms with E-state index in [0.29, 0.717) is 12.8 Å². The van der Waals surface area contributed by atoms with Gasteiger partial charge in [-0.25, -0.2) is 15.4 Å². The molecule has 1 nitrogen and oxygen atoms in total. The minimum absolute atomic E-state index is 0.0972. The lowest BCUT2D eigenvalue weighted by atomic mass is 9.93. The van der Waals surface area contributed by atoms with Crippen LogP contribution in [0, 0.1) is 6.57 Å². The van der Waals surface area contributed by atoms with Gasteiger partial charge < -0.3 is 4.85 Å². The summed E-state index contributed by atoms with van der Waals surface area (Å²) in [6.45, 7) is 6.61. The van der Waals surface area contributed by atoms with Gasteiger partial charge in [-0.1, -0.05) is 0 Å². The maximum atomic E-state index is 12.4. The van der Waals surface area contributed by atoms with Crippen molar-refractivity contribution in [1.82, 2.24) is 0 Å². The Morgan fingerprint density at radius 3 is 2.20 bits per heavy atom. The lowest BCUT2D eigenvalue weighted by molar-refractivity contribution is -0.0350. The van der Waals surface area contributed by atoms with Gasteiger partial charge in [0.2, 0.25) is 12.0 Å². The molecule has 0 aromatic heterocycles. The van der Waals surface area contributed by atoms with E-state index in [1.54, 1.807) is 0 Å². The molecule has 0 spiro atoms. The second-order valence-corrected chi connectivity index (χ2v) is 2.72. The van der Waals surface area contributed by atoms with Crippen molar-refractivity contribution < 1.29 is 8.78 Å². The highest BCUT2D eigenvalue weighted by Crippen LogP contribution is 2.34. The molecule has 1 rings (SSSR count). The van der Waals surface area contributed by atoms with E-state index in [1.165, 1.54) is 0 Å². The molecule has 0 atom stereocenters. The van der Waals surface area contributed by atoms with E-state index in [-0.39, 0.29) is 18.9 Å². The largest absolute Gasteiger partial charge is 0.314 e. The average molecular weight is 145 g/mol. The van der Waals surface area contributed by atoms with E-state index in [1.807, 2.05) is 0 Å². The summed E-state index contributed by atoms with van der Waals surface area (Å²) in [6.07, 6.45) is 0.549. The number of halogens is 2. The third-order valence-corrected chi connectivity index (χ3v) is 1.87. The number of nitrogens with zero attached hydrogens (tertiary/aromatic N) is 1. The van der Waals surface area contributed by atoms with E-state index in [4.69, 9.17) is 6.57 Å². The summed E-state index contributed by atoms with van der Waals surface area (Å²) in [5, 5.41) is 0. The molecule has 1 aliphatic carbocycles. The summed E-state index contributed by atoms with van der Waals surface area (Å²) in [6, 6.07) is -0.139. The summed E-state index contributed by atoms with van der Waals surface area (Å²) in [5.74, 6) is -2.48. The van der Waals surface area contributed by atoms with Crippen molar-refractivity contribution in [2.24, 2.45) is 0 Å². The van der Waals surface area contributed by atoms with E-state index >= 15 is 0 Å². The lowest BCUT2D eigenvalue weighted by Gasteiger charge is -2.21. The first-order valence-corrected chi connectivity index (χ1v) is 3.38. The SMILES string of the molecule is [C-]#[N+]C1CCC(F)(F)CC1. The monoisotopic (exact) mass is 145 g/mol. The minimum Gasteiger partial charge on any atom is -0.314 e. The summed E-state index contributed by atoms with van der Waals surface area (Å²) >= 11 is 0. The Bertz CT molecular complexity index is 149. The molecule has 0 bridgehead atoms. The van der Waals surface area contributed by atoms with Crippen molar-refractivity contribution in [2.75, 3.05) is 0 Å². The van der Waals surface area contributed by atoms with Crippen LogP contribution in [0.1, 0.15) is 25.7 Å². The summed E-state index contributed by atoms with van der Waals surface area (Å²) < 4.78 is 24.8. The Morgan fingerprint density at radius 1 is 1.30 bits per heavy atom. The van der Waals surface area contributed by atoms with Crippen molar-refractivity contribution in [1.29, 1.82) is 0 Å². The Morgan fingerprint density at radius 2 is 1.80 bits per heavy atom. The van der Waals surface area contributed by atoms with Gasteiger partial charge in [-0.3, -0.25) is 0 Å². The van der Waals surface area contributed by atoms with Crippen LogP contribution in [-0.4, -0.2) is 12.0 Å². The fourth-order valence-corrected chi connectivity index (χ4v) is 1.15. The normalized spacial score (nSPS) is 25.7. The van der Waals surface area contributed by atoms with Gasteiger partial charge in [0, 0.05) is 25.7 Å². The average Bonchev–Trinajstić information content (AvgIpc) is 1.88. The van der Waals surface area contributed by atoms with Gasteiger partial charge in [0.1, 0.15) is 0 Å². The molecule has 1 fully saturated rings. The van der Waals surface area contributed by atoms with Crippen LogP contribution >= 0.6 is 0 Å². The summed E-state index contributed by atoms with van der Waals surface area (Å²) in [5.41, 5.74) is 0. The number of rotatable bonds is 0. The fourth-order valence-electron chi connectivity index (χ4n) is 1.15. The molecule has 0 radical (unpaired) electrons. The third-order valence-electron chi connectivity index (χ3n) is 1.87. The zero-order valence-corrected chi connectivity index (χ0v) is 5.61. The van der Waals surface area contributed by atoms with Crippen LogP contribution in [0.3, 0.4) is 0 Å². The van der Waals surface area contributed by atoms with Gasteiger partial charge in [-0.15, -0.1) is 0 Å². The molecule has 0 amide bonds. The number of alkyl halides is 2. The first kappa shape index (κ1) is 7.46. The summed E-state index contributed by atoms with van der Waals surface area (Å²) in [4.78, 5) is 3.23. The molecule has 0 heterocycles. The van der Waals surface area contributed by atoms with E-state index in [9.17, 15) is 8.78 Å². The minimum atomic E-state index is -2.48. The van der Waals surface area contributed by atoms with Crippen molar-refractivity contribution in [3.63, 3.8) is 0 Å².